The van der Waals surface area contributed by atoms with Gasteiger partial charge < -0.3 is 5.32 Å². The Bertz CT molecular complexity index is 945. The maximum absolute atomic E-state index is 12.8. The van der Waals surface area contributed by atoms with Gasteiger partial charge in [0.05, 0.1) is 23.1 Å². The van der Waals surface area contributed by atoms with Crippen LogP contribution in [0.1, 0.15) is 61.3 Å². The maximum atomic E-state index is 12.8. The van der Waals surface area contributed by atoms with Gasteiger partial charge in [-0.3, -0.25) is 9.48 Å². The van der Waals surface area contributed by atoms with Crippen LogP contribution in [0.15, 0.2) is 48.8 Å². The van der Waals surface area contributed by atoms with E-state index in [0.717, 1.165) is 16.9 Å². The van der Waals surface area contributed by atoms with Gasteiger partial charge >= 0.3 is 0 Å². The van der Waals surface area contributed by atoms with Crippen LogP contribution in [0.5, 0.6) is 0 Å². The highest BCUT2D eigenvalue weighted by molar-refractivity contribution is 5.92. The first kappa shape index (κ1) is 17.5. The highest BCUT2D eigenvalue weighted by Crippen LogP contribution is 2.40. The number of aromatic nitrogens is 4. The topological polar surface area (TPSA) is 64.7 Å². The highest BCUT2D eigenvalue weighted by atomic mass is 16.2. The minimum absolute atomic E-state index is 0.100. The van der Waals surface area contributed by atoms with Crippen LogP contribution in [0.2, 0.25) is 0 Å². The van der Waals surface area contributed by atoms with E-state index in [9.17, 15) is 4.79 Å². The molecule has 6 heteroatoms. The quantitative estimate of drug-likeness (QED) is 0.753. The summed E-state index contributed by atoms with van der Waals surface area (Å²) in [5.41, 5.74) is 3.37. The summed E-state index contributed by atoms with van der Waals surface area (Å²) in [6.45, 7) is 6.63. The Morgan fingerprint density at radius 1 is 1.22 bits per heavy atom. The number of amides is 1. The number of rotatable bonds is 5. The number of para-hydroxylation sites is 1. The molecule has 1 aliphatic carbocycles. The minimum Gasteiger partial charge on any atom is -0.347 e. The second-order valence-electron chi connectivity index (χ2n) is 8.12. The second-order valence-corrected chi connectivity index (χ2v) is 8.12. The minimum atomic E-state index is -0.238. The zero-order valence-electron chi connectivity index (χ0n) is 16.0. The third-order valence-electron chi connectivity index (χ3n) is 4.70. The van der Waals surface area contributed by atoms with Crippen LogP contribution >= 0.6 is 0 Å². The highest BCUT2D eigenvalue weighted by Gasteiger charge is 2.31. The van der Waals surface area contributed by atoms with Crippen molar-refractivity contribution in [2.75, 3.05) is 0 Å². The summed E-state index contributed by atoms with van der Waals surface area (Å²) in [6, 6.07) is 11.9. The van der Waals surface area contributed by atoms with E-state index in [-0.39, 0.29) is 11.4 Å². The molecule has 2 aromatic heterocycles. The fourth-order valence-corrected chi connectivity index (χ4v) is 3.10. The number of benzene rings is 1. The van der Waals surface area contributed by atoms with Crippen LogP contribution in [0.3, 0.4) is 0 Å². The molecular formula is C21H25N5O. The van der Waals surface area contributed by atoms with Gasteiger partial charge in [-0.1, -0.05) is 18.2 Å². The predicted octanol–water partition coefficient (Wildman–Crippen LogP) is 3.63. The normalized spacial score (nSPS) is 14.3. The molecule has 1 aromatic carbocycles. The van der Waals surface area contributed by atoms with E-state index in [1.165, 1.54) is 12.8 Å². The van der Waals surface area contributed by atoms with Gasteiger partial charge in [0.1, 0.15) is 5.69 Å². The van der Waals surface area contributed by atoms with Gasteiger partial charge in [-0.15, -0.1) is 0 Å². The van der Waals surface area contributed by atoms with Crippen molar-refractivity contribution in [1.82, 2.24) is 24.9 Å². The predicted molar refractivity (Wildman–Crippen MR) is 104 cm³/mol. The lowest BCUT2D eigenvalue weighted by Crippen LogP contribution is -2.32. The van der Waals surface area contributed by atoms with Crippen LogP contribution < -0.4 is 5.32 Å². The number of nitrogens with zero attached hydrogens (tertiary/aromatic N) is 4. The third-order valence-corrected chi connectivity index (χ3v) is 4.70. The van der Waals surface area contributed by atoms with Crippen molar-refractivity contribution in [3.05, 3.63) is 65.7 Å². The molecule has 1 aliphatic rings. The first-order valence-corrected chi connectivity index (χ1v) is 9.39. The molecule has 0 spiro atoms. The first-order chi connectivity index (χ1) is 12.9. The van der Waals surface area contributed by atoms with Crippen molar-refractivity contribution < 1.29 is 4.79 Å². The Morgan fingerprint density at radius 3 is 2.63 bits per heavy atom. The van der Waals surface area contributed by atoms with Crippen LogP contribution in [-0.4, -0.2) is 25.5 Å². The molecule has 27 heavy (non-hydrogen) atoms. The van der Waals surface area contributed by atoms with Gasteiger partial charge in [0.2, 0.25) is 0 Å². The second kappa shape index (κ2) is 6.68. The molecule has 0 atom stereocenters. The van der Waals surface area contributed by atoms with Crippen molar-refractivity contribution in [1.29, 1.82) is 0 Å². The smallest absolute Gasteiger partial charge is 0.269 e. The Balaban J connectivity index is 1.48. The fraction of sp³-hybridized carbons (Fsp3) is 0.381. The van der Waals surface area contributed by atoms with Gasteiger partial charge in [0.15, 0.2) is 0 Å². The van der Waals surface area contributed by atoms with Gasteiger partial charge in [-0.05, 0) is 51.8 Å². The number of hydrogen-bond acceptors (Lipinski definition) is 3. The van der Waals surface area contributed by atoms with E-state index in [4.69, 9.17) is 5.10 Å². The van der Waals surface area contributed by atoms with Crippen molar-refractivity contribution in [3.63, 3.8) is 0 Å². The Morgan fingerprint density at radius 2 is 1.96 bits per heavy atom. The molecule has 0 unspecified atom stereocenters. The molecule has 0 radical (unpaired) electrons. The van der Waals surface area contributed by atoms with Gasteiger partial charge in [0, 0.05) is 24.2 Å². The van der Waals surface area contributed by atoms with E-state index in [1.807, 2.05) is 52.0 Å². The maximum Gasteiger partial charge on any atom is 0.269 e. The number of nitrogens with one attached hydrogen (secondary N) is 1. The Hall–Kier alpha value is -2.89. The zero-order chi connectivity index (χ0) is 19.0. The van der Waals surface area contributed by atoms with Gasteiger partial charge in [-0.25, -0.2) is 4.68 Å². The number of carbonyl (C=O) groups excluding carboxylic acids is 1. The molecule has 3 aromatic rings. The molecule has 0 saturated heterocycles. The molecule has 0 aliphatic heterocycles. The summed E-state index contributed by atoms with van der Waals surface area (Å²) in [4.78, 5) is 12.8. The van der Waals surface area contributed by atoms with Crippen LogP contribution in [0.4, 0.5) is 0 Å². The zero-order valence-corrected chi connectivity index (χ0v) is 16.0. The molecule has 140 valence electrons. The van der Waals surface area contributed by atoms with Crippen LogP contribution in [-0.2, 0) is 12.1 Å². The van der Waals surface area contributed by atoms with E-state index < -0.39 is 0 Å². The summed E-state index contributed by atoms with van der Waals surface area (Å²) in [7, 11) is 0. The molecule has 1 amide bonds. The lowest BCUT2D eigenvalue weighted by atomic mass is 10.1. The van der Waals surface area contributed by atoms with E-state index in [1.54, 1.807) is 6.20 Å². The third kappa shape index (κ3) is 3.79. The summed E-state index contributed by atoms with van der Waals surface area (Å²) in [6.07, 6.45) is 6.05. The summed E-state index contributed by atoms with van der Waals surface area (Å²) >= 11 is 0. The molecule has 6 nitrogen and oxygen atoms in total. The average molecular weight is 363 g/mol. The van der Waals surface area contributed by atoms with Crippen molar-refractivity contribution in [2.24, 2.45) is 0 Å². The van der Waals surface area contributed by atoms with E-state index >= 15 is 0 Å². The molecule has 1 N–H and O–H groups in total. The fourth-order valence-electron chi connectivity index (χ4n) is 3.10. The lowest BCUT2D eigenvalue weighted by Gasteiger charge is -2.22. The van der Waals surface area contributed by atoms with Crippen molar-refractivity contribution in [3.8, 4) is 5.69 Å². The van der Waals surface area contributed by atoms with Crippen LogP contribution in [0.25, 0.3) is 5.69 Å². The standard InChI is InChI=1S/C21H25N5O/c1-21(2,3)26-19(11-18(24-26)16-9-10-16)20(27)22-12-15-13-23-25(14-15)17-7-5-4-6-8-17/h4-8,11,13-14,16H,9-10,12H2,1-3H3,(H,22,27). The summed E-state index contributed by atoms with van der Waals surface area (Å²) in [5, 5.41) is 12.1. The molecule has 0 bridgehead atoms. The summed E-state index contributed by atoms with van der Waals surface area (Å²) in [5.74, 6) is 0.418. The van der Waals surface area contributed by atoms with Crippen molar-refractivity contribution in [2.45, 2.75) is 51.6 Å². The molecular weight excluding hydrogens is 338 g/mol. The van der Waals surface area contributed by atoms with Crippen LogP contribution in [0, 0.1) is 0 Å². The largest absolute Gasteiger partial charge is 0.347 e. The SMILES string of the molecule is CC(C)(C)n1nc(C2CC2)cc1C(=O)NCc1cnn(-c2ccccc2)c1. The average Bonchev–Trinajstić information content (AvgIpc) is 3.21. The first-order valence-electron chi connectivity index (χ1n) is 9.39. The molecule has 4 rings (SSSR count). The monoisotopic (exact) mass is 363 g/mol. The van der Waals surface area contributed by atoms with E-state index in [2.05, 4.69) is 31.2 Å². The molecule has 1 fully saturated rings. The van der Waals surface area contributed by atoms with Crippen molar-refractivity contribution >= 4 is 5.91 Å². The van der Waals surface area contributed by atoms with E-state index in [0.29, 0.717) is 18.2 Å². The number of hydrogen-bond donors (Lipinski definition) is 1. The van der Waals surface area contributed by atoms with Gasteiger partial charge in [0.25, 0.3) is 5.91 Å². The Kier molecular flexibility index (Phi) is 4.34. The lowest BCUT2D eigenvalue weighted by molar-refractivity contribution is 0.0932. The Labute approximate surface area is 159 Å². The molecule has 2 heterocycles. The van der Waals surface area contributed by atoms with Gasteiger partial charge in [-0.2, -0.15) is 10.2 Å². The number of carbonyl (C=O) groups is 1. The summed E-state index contributed by atoms with van der Waals surface area (Å²) < 4.78 is 3.66. The molecule has 1 saturated carbocycles.